The Morgan fingerprint density at radius 2 is 1.90 bits per heavy atom. The van der Waals surface area contributed by atoms with Gasteiger partial charge in [-0.1, -0.05) is 24.3 Å². The van der Waals surface area contributed by atoms with Gasteiger partial charge in [0.25, 0.3) is 0 Å². The Morgan fingerprint density at radius 1 is 1.05 bits per heavy atom. The van der Waals surface area contributed by atoms with Crippen LogP contribution in [0.1, 0.15) is 41.1 Å². The molecule has 0 saturated heterocycles. The van der Waals surface area contributed by atoms with Crippen LogP contribution in [0.4, 0.5) is 0 Å². The largest absolute Gasteiger partial charge is 0.330 e. The van der Waals surface area contributed by atoms with Gasteiger partial charge in [0.05, 0.1) is 0 Å². The highest BCUT2D eigenvalue weighted by Crippen LogP contribution is 2.26. The zero-order valence-corrected chi connectivity index (χ0v) is 11.9. The highest BCUT2D eigenvalue weighted by molar-refractivity contribution is 5.36. The Bertz CT molecular complexity index is 563. The maximum atomic E-state index is 6.00. The molecule has 2 nitrogen and oxygen atoms in total. The molecule has 1 atom stereocenters. The van der Waals surface area contributed by atoms with Crippen LogP contribution in [-0.2, 0) is 19.3 Å². The van der Waals surface area contributed by atoms with E-state index in [0.29, 0.717) is 12.5 Å². The Kier molecular flexibility index (Phi) is 4.12. The summed E-state index contributed by atoms with van der Waals surface area (Å²) in [5.74, 6) is 0.372. The lowest BCUT2D eigenvalue weighted by molar-refractivity contribution is 0.663. The molecule has 0 spiro atoms. The van der Waals surface area contributed by atoms with E-state index in [1.807, 2.05) is 18.3 Å². The van der Waals surface area contributed by atoms with Gasteiger partial charge >= 0.3 is 0 Å². The fourth-order valence-corrected chi connectivity index (χ4v) is 3.12. The number of aryl methyl sites for hydroxylation is 2. The Balaban J connectivity index is 1.82. The SMILES string of the molecule is NCC(Cc1ccccn1)c1ccc2c(c1)CCCC2. The fourth-order valence-electron chi connectivity index (χ4n) is 3.12. The van der Waals surface area contributed by atoms with E-state index in [9.17, 15) is 0 Å². The van der Waals surface area contributed by atoms with Crippen molar-refractivity contribution in [2.75, 3.05) is 6.54 Å². The third kappa shape index (κ3) is 2.91. The van der Waals surface area contributed by atoms with Crippen molar-refractivity contribution in [3.8, 4) is 0 Å². The van der Waals surface area contributed by atoms with Crippen molar-refractivity contribution in [1.29, 1.82) is 0 Å². The fraction of sp³-hybridized carbons (Fsp3) is 0.389. The quantitative estimate of drug-likeness (QED) is 0.922. The molecule has 20 heavy (non-hydrogen) atoms. The van der Waals surface area contributed by atoms with Gasteiger partial charge in [0.2, 0.25) is 0 Å². The van der Waals surface area contributed by atoms with Crippen molar-refractivity contribution >= 4 is 0 Å². The summed E-state index contributed by atoms with van der Waals surface area (Å²) < 4.78 is 0. The number of hydrogen-bond acceptors (Lipinski definition) is 2. The Morgan fingerprint density at radius 3 is 2.65 bits per heavy atom. The van der Waals surface area contributed by atoms with E-state index in [1.165, 1.54) is 42.4 Å². The van der Waals surface area contributed by atoms with E-state index in [1.54, 1.807) is 0 Å². The second-order valence-corrected chi connectivity index (χ2v) is 5.69. The minimum atomic E-state index is 0.372. The number of aromatic nitrogens is 1. The van der Waals surface area contributed by atoms with Crippen LogP contribution in [0.25, 0.3) is 0 Å². The van der Waals surface area contributed by atoms with Gasteiger partial charge in [-0.2, -0.15) is 0 Å². The van der Waals surface area contributed by atoms with E-state index in [0.717, 1.165) is 12.1 Å². The molecule has 2 heteroatoms. The van der Waals surface area contributed by atoms with Gasteiger partial charge in [-0.15, -0.1) is 0 Å². The summed E-state index contributed by atoms with van der Waals surface area (Å²) in [4.78, 5) is 4.42. The van der Waals surface area contributed by atoms with Crippen molar-refractivity contribution in [1.82, 2.24) is 4.98 Å². The molecule has 2 N–H and O–H groups in total. The third-order valence-electron chi connectivity index (χ3n) is 4.31. The summed E-state index contributed by atoms with van der Waals surface area (Å²) in [5.41, 5.74) is 11.6. The molecule has 104 valence electrons. The van der Waals surface area contributed by atoms with Crippen LogP contribution in [0, 0.1) is 0 Å². The molecule has 1 heterocycles. The highest BCUT2D eigenvalue weighted by Gasteiger charge is 2.15. The Labute approximate surface area is 121 Å². The van der Waals surface area contributed by atoms with Crippen LogP contribution >= 0.6 is 0 Å². The van der Waals surface area contributed by atoms with Crippen molar-refractivity contribution in [2.45, 2.75) is 38.0 Å². The van der Waals surface area contributed by atoms with Gasteiger partial charge in [0, 0.05) is 17.8 Å². The predicted molar refractivity (Wildman–Crippen MR) is 82.8 cm³/mol. The van der Waals surface area contributed by atoms with Crippen LogP contribution in [0.5, 0.6) is 0 Å². The van der Waals surface area contributed by atoms with Gasteiger partial charge in [0.1, 0.15) is 0 Å². The molecule has 0 aliphatic heterocycles. The molecule has 1 aliphatic carbocycles. The summed E-state index contributed by atoms with van der Waals surface area (Å²) in [5, 5.41) is 0. The molecule has 0 radical (unpaired) electrons. The van der Waals surface area contributed by atoms with Gasteiger partial charge in [-0.05, 0) is 67.5 Å². The first kappa shape index (κ1) is 13.3. The van der Waals surface area contributed by atoms with E-state index < -0.39 is 0 Å². The minimum absolute atomic E-state index is 0.372. The van der Waals surface area contributed by atoms with Crippen molar-refractivity contribution < 1.29 is 0 Å². The second-order valence-electron chi connectivity index (χ2n) is 5.69. The van der Waals surface area contributed by atoms with E-state index in [2.05, 4.69) is 29.2 Å². The molecule has 1 aromatic heterocycles. The minimum Gasteiger partial charge on any atom is -0.330 e. The average Bonchev–Trinajstić information content (AvgIpc) is 2.53. The molecule has 1 unspecified atom stereocenters. The molecule has 0 saturated carbocycles. The standard InChI is InChI=1S/C18H22N2/c19-13-17(12-18-7-3-4-10-20-18)16-9-8-14-5-1-2-6-15(14)11-16/h3-4,7-11,17H,1-2,5-6,12-13,19H2. The lowest BCUT2D eigenvalue weighted by Crippen LogP contribution is -2.16. The normalized spacial score (nSPS) is 15.7. The lowest BCUT2D eigenvalue weighted by atomic mass is 9.86. The smallest absolute Gasteiger partial charge is 0.0410 e. The number of benzene rings is 1. The predicted octanol–water partition coefficient (Wildman–Crippen LogP) is 3.25. The van der Waals surface area contributed by atoms with Gasteiger partial charge in [-0.3, -0.25) is 4.98 Å². The molecule has 0 bridgehead atoms. The summed E-state index contributed by atoms with van der Waals surface area (Å²) in [6, 6.07) is 13.0. The third-order valence-corrected chi connectivity index (χ3v) is 4.31. The summed E-state index contributed by atoms with van der Waals surface area (Å²) in [7, 11) is 0. The first-order valence-corrected chi connectivity index (χ1v) is 7.58. The van der Waals surface area contributed by atoms with E-state index in [4.69, 9.17) is 5.73 Å². The first-order valence-electron chi connectivity index (χ1n) is 7.58. The molecule has 1 aliphatic rings. The van der Waals surface area contributed by atoms with Crippen LogP contribution in [0.15, 0.2) is 42.6 Å². The molecular weight excluding hydrogens is 244 g/mol. The number of pyridine rings is 1. The zero-order chi connectivity index (χ0) is 13.8. The summed E-state index contributed by atoms with van der Waals surface area (Å²) in [6.07, 6.45) is 7.91. The van der Waals surface area contributed by atoms with Crippen LogP contribution in [-0.4, -0.2) is 11.5 Å². The zero-order valence-electron chi connectivity index (χ0n) is 11.9. The van der Waals surface area contributed by atoms with Crippen molar-refractivity contribution in [3.05, 3.63) is 65.0 Å². The van der Waals surface area contributed by atoms with E-state index >= 15 is 0 Å². The molecule has 3 rings (SSSR count). The average molecular weight is 266 g/mol. The highest BCUT2D eigenvalue weighted by atomic mass is 14.7. The number of nitrogens with zero attached hydrogens (tertiary/aromatic N) is 1. The number of hydrogen-bond donors (Lipinski definition) is 1. The first-order chi connectivity index (χ1) is 9.86. The summed E-state index contributed by atoms with van der Waals surface area (Å²) in [6.45, 7) is 0.676. The second kappa shape index (κ2) is 6.19. The monoisotopic (exact) mass is 266 g/mol. The number of fused-ring (bicyclic) bond motifs is 1. The van der Waals surface area contributed by atoms with Crippen LogP contribution < -0.4 is 5.73 Å². The van der Waals surface area contributed by atoms with Crippen LogP contribution in [0.2, 0.25) is 0 Å². The molecule has 0 fully saturated rings. The van der Waals surface area contributed by atoms with Gasteiger partial charge in [0.15, 0.2) is 0 Å². The molecule has 1 aromatic carbocycles. The summed E-state index contributed by atoms with van der Waals surface area (Å²) >= 11 is 0. The maximum absolute atomic E-state index is 6.00. The topological polar surface area (TPSA) is 38.9 Å². The van der Waals surface area contributed by atoms with Crippen molar-refractivity contribution in [2.24, 2.45) is 5.73 Å². The van der Waals surface area contributed by atoms with E-state index in [-0.39, 0.29) is 0 Å². The molecular formula is C18H22N2. The lowest BCUT2D eigenvalue weighted by Gasteiger charge is -2.20. The van der Waals surface area contributed by atoms with Crippen molar-refractivity contribution in [3.63, 3.8) is 0 Å². The number of rotatable bonds is 4. The molecule has 2 aromatic rings. The van der Waals surface area contributed by atoms with Crippen LogP contribution in [0.3, 0.4) is 0 Å². The number of nitrogens with two attached hydrogens (primary N) is 1. The Hall–Kier alpha value is -1.67. The maximum Gasteiger partial charge on any atom is 0.0410 e. The van der Waals surface area contributed by atoms with Gasteiger partial charge < -0.3 is 5.73 Å². The molecule has 0 amide bonds. The van der Waals surface area contributed by atoms with Gasteiger partial charge in [-0.25, -0.2) is 0 Å².